The van der Waals surface area contributed by atoms with Crippen LogP contribution in [-0.4, -0.2) is 27.1 Å². The van der Waals surface area contributed by atoms with Gasteiger partial charge in [0.1, 0.15) is 5.65 Å². The van der Waals surface area contributed by atoms with E-state index in [0.717, 1.165) is 28.2 Å². The molecule has 1 atom stereocenters. The Hall–Kier alpha value is -3.87. The molecular weight excluding hydrogens is 380 g/mol. The molecule has 4 heterocycles. The summed E-state index contributed by atoms with van der Waals surface area (Å²) in [5.41, 5.74) is 3.72. The van der Waals surface area contributed by atoms with E-state index in [0.29, 0.717) is 12.3 Å². The standard InChI is InChI=1S/C23H20N4O3/c28-23(26-13-16-4-3-8-24-12-16)11-18(17-6-7-20-21(10-17)30-15-29-20)19-14-25-22-5-1-2-9-27(19)22/h1-10,12,14,18H,11,13,15H2,(H,26,28). The van der Waals surface area contributed by atoms with Gasteiger partial charge in [-0.25, -0.2) is 4.98 Å². The molecule has 30 heavy (non-hydrogen) atoms. The minimum Gasteiger partial charge on any atom is -0.454 e. The number of hydrogen-bond donors (Lipinski definition) is 1. The van der Waals surface area contributed by atoms with Crippen molar-refractivity contribution in [1.82, 2.24) is 19.7 Å². The minimum absolute atomic E-state index is 0.0487. The summed E-state index contributed by atoms with van der Waals surface area (Å²) in [4.78, 5) is 21.4. The molecule has 1 aromatic carbocycles. The van der Waals surface area contributed by atoms with E-state index in [1.54, 1.807) is 12.4 Å². The van der Waals surface area contributed by atoms with Crippen LogP contribution in [-0.2, 0) is 11.3 Å². The Labute approximate surface area is 173 Å². The molecule has 1 aliphatic rings. The Balaban J connectivity index is 1.44. The first kappa shape index (κ1) is 18.2. The number of nitrogens with zero attached hydrogens (tertiary/aromatic N) is 3. The minimum atomic E-state index is -0.189. The maximum Gasteiger partial charge on any atom is 0.231 e. The van der Waals surface area contributed by atoms with E-state index in [2.05, 4.69) is 15.3 Å². The molecule has 1 unspecified atom stereocenters. The van der Waals surface area contributed by atoms with Gasteiger partial charge in [-0.1, -0.05) is 18.2 Å². The number of amides is 1. The van der Waals surface area contributed by atoms with Crippen molar-refractivity contribution in [2.24, 2.45) is 0 Å². The Morgan fingerprint density at radius 3 is 2.93 bits per heavy atom. The lowest BCUT2D eigenvalue weighted by atomic mass is 9.92. The van der Waals surface area contributed by atoms with Crippen molar-refractivity contribution in [3.8, 4) is 11.5 Å². The molecule has 1 amide bonds. The fraction of sp³-hybridized carbons (Fsp3) is 0.174. The normalized spacial score (nSPS) is 13.3. The third kappa shape index (κ3) is 3.57. The summed E-state index contributed by atoms with van der Waals surface area (Å²) >= 11 is 0. The maximum absolute atomic E-state index is 12.8. The number of nitrogens with one attached hydrogen (secondary N) is 1. The Morgan fingerprint density at radius 2 is 2.03 bits per heavy atom. The van der Waals surface area contributed by atoms with Crippen LogP contribution in [0.2, 0.25) is 0 Å². The zero-order valence-corrected chi connectivity index (χ0v) is 16.2. The van der Waals surface area contributed by atoms with E-state index in [1.807, 2.05) is 65.3 Å². The number of hydrogen-bond acceptors (Lipinski definition) is 5. The molecule has 0 aliphatic carbocycles. The van der Waals surface area contributed by atoms with Crippen LogP contribution in [0, 0.1) is 0 Å². The molecular formula is C23H20N4O3. The van der Waals surface area contributed by atoms with Crippen LogP contribution in [0.25, 0.3) is 5.65 Å². The zero-order chi connectivity index (χ0) is 20.3. The molecule has 0 spiro atoms. The molecule has 4 aromatic rings. The van der Waals surface area contributed by atoms with Gasteiger partial charge in [0.25, 0.3) is 0 Å². The van der Waals surface area contributed by atoms with Gasteiger partial charge in [-0.3, -0.25) is 9.78 Å². The number of benzene rings is 1. The van der Waals surface area contributed by atoms with Gasteiger partial charge in [-0.15, -0.1) is 0 Å². The third-order valence-corrected chi connectivity index (χ3v) is 5.20. The Bertz CT molecular complexity index is 1190. The number of imidazole rings is 1. The number of carbonyl (C=O) groups is 1. The first-order valence-electron chi connectivity index (χ1n) is 9.75. The van der Waals surface area contributed by atoms with Crippen LogP contribution < -0.4 is 14.8 Å². The Kier molecular flexibility index (Phi) is 4.77. The quantitative estimate of drug-likeness (QED) is 0.537. The number of rotatable bonds is 6. The number of pyridine rings is 2. The lowest BCUT2D eigenvalue weighted by Gasteiger charge is -2.18. The molecule has 0 bridgehead atoms. The van der Waals surface area contributed by atoms with Crippen LogP contribution in [0.4, 0.5) is 0 Å². The van der Waals surface area contributed by atoms with E-state index < -0.39 is 0 Å². The van der Waals surface area contributed by atoms with E-state index in [4.69, 9.17) is 9.47 Å². The predicted molar refractivity (Wildman–Crippen MR) is 110 cm³/mol. The number of ether oxygens (including phenoxy) is 2. The van der Waals surface area contributed by atoms with Gasteiger partial charge < -0.3 is 19.2 Å². The maximum atomic E-state index is 12.8. The monoisotopic (exact) mass is 400 g/mol. The molecule has 1 aliphatic heterocycles. The number of aromatic nitrogens is 3. The van der Waals surface area contributed by atoms with Gasteiger partial charge in [0.15, 0.2) is 11.5 Å². The van der Waals surface area contributed by atoms with Gasteiger partial charge in [0.2, 0.25) is 12.7 Å². The van der Waals surface area contributed by atoms with Gasteiger partial charge in [0, 0.05) is 43.7 Å². The molecule has 150 valence electrons. The van der Waals surface area contributed by atoms with Crippen molar-refractivity contribution in [2.75, 3.05) is 6.79 Å². The summed E-state index contributed by atoms with van der Waals surface area (Å²) in [6.45, 7) is 0.651. The van der Waals surface area contributed by atoms with Crippen LogP contribution in [0.5, 0.6) is 11.5 Å². The predicted octanol–water partition coefficient (Wildman–Crippen LogP) is 3.30. The SMILES string of the molecule is O=C(CC(c1ccc2c(c1)OCO2)c1cnc2ccccn12)NCc1cccnc1. The van der Waals surface area contributed by atoms with Crippen molar-refractivity contribution in [2.45, 2.75) is 18.9 Å². The van der Waals surface area contributed by atoms with E-state index in [9.17, 15) is 4.79 Å². The number of carbonyl (C=O) groups excluding carboxylic acids is 1. The topological polar surface area (TPSA) is 77.8 Å². The summed E-state index contributed by atoms with van der Waals surface area (Å²) in [5.74, 6) is 1.18. The van der Waals surface area contributed by atoms with Crippen LogP contribution in [0.1, 0.15) is 29.2 Å². The Morgan fingerprint density at radius 1 is 1.10 bits per heavy atom. The molecule has 7 heteroatoms. The highest BCUT2D eigenvalue weighted by atomic mass is 16.7. The van der Waals surface area contributed by atoms with E-state index in [-0.39, 0.29) is 25.0 Å². The average molecular weight is 400 g/mol. The molecule has 1 N–H and O–H groups in total. The highest BCUT2D eigenvalue weighted by Crippen LogP contribution is 2.37. The van der Waals surface area contributed by atoms with E-state index in [1.165, 1.54) is 0 Å². The first-order chi connectivity index (χ1) is 14.8. The van der Waals surface area contributed by atoms with Crippen molar-refractivity contribution >= 4 is 11.6 Å². The molecule has 7 nitrogen and oxygen atoms in total. The van der Waals surface area contributed by atoms with Crippen molar-refractivity contribution in [3.05, 3.63) is 90.1 Å². The fourth-order valence-corrected chi connectivity index (χ4v) is 3.69. The number of fused-ring (bicyclic) bond motifs is 2. The molecule has 3 aromatic heterocycles. The second-order valence-electron chi connectivity index (χ2n) is 7.12. The van der Waals surface area contributed by atoms with Crippen LogP contribution in [0.15, 0.2) is 73.3 Å². The second kappa shape index (κ2) is 7.87. The fourth-order valence-electron chi connectivity index (χ4n) is 3.69. The largest absolute Gasteiger partial charge is 0.454 e. The zero-order valence-electron chi connectivity index (χ0n) is 16.2. The first-order valence-corrected chi connectivity index (χ1v) is 9.75. The lowest BCUT2D eigenvalue weighted by molar-refractivity contribution is -0.121. The molecule has 0 fully saturated rings. The second-order valence-corrected chi connectivity index (χ2v) is 7.12. The summed E-state index contributed by atoms with van der Waals surface area (Å²) in [5, 5.41) is 3.00. The average Bonchev–Trinajstić information content (AvgIpc) is 3.43. The van der Waals surface area contributed by atoms with Gasteiger partial charge in [-0.2, -0.15) is 0 Å². The van der Waals surface area contributed by atoms with Crippen LogP contribution in [0.3, 0.4) is 0 Å². The molecule has 5 rings (SSSR count). The van der Waals surface area contributed by atoms with E-state index >= 15 is 0 Å². The summed E-state index contributed by atoms with van der Waals surface area (Å²) in [6.07, 6.45) is 7.54. The van der Waals surface area contributed by atoms with Gasteiger partial charge >= 0.3 is 0 Å². The van der Waals surface area contributed by atoms with Crippen molar-refractivity contribution in [3.63, 3.8) is 0 Å². The highest BCUT2D eigenvalue weighted by Gasteiger charge is 2.24. The summed E-state index contributed by atoms with van der Waals surface area (Å²) < 4.78 is 13.0. The summed E-state index contributed by atoms with van der Waals surface area (Å²) in [7, 11) is 0. The lowest BCUT2D eigenvalue weighted by Crippen LogP contribution is -2.25. The van der Waals surface area contributed by atoms with Crippen LogP contribution >= 0.6 is 0 Å². The van der Waals surface area contributed by atoms with Crippen molar-refractivity contribution < 1.29 is 14.3 Å². The molecule has 0 radical (unpaired) electrons. The summed E-state index contributed by atoms with van der Waals surface area (Å²) in [6, 6.07) is 15.5. The van der Waals surface area contributed by atoms with Gasteiger partial charge in [-0.05, 0) is 41.5 Å². The highest BCUT2D eigenvalue weighted by molar-refractivity contribution is 5.77. The molecule has 0 saturated heterocycles. The molecule has 0 saturated carbocycles. The van der Waals surface area contributed by atoms with Crippen molar-refractivity contribution in [1.29, 1.82) is 0 Å². The van der Waals surface area contributed by atoms with Gasteiger partial charge in [0.05, 0.1) is 5.69 Å². The smallest absolute Gasteiger partial charge is 0.231 e. The third-order valence-electron chi connectivity index (χ3n) is 5.20.